The zero-order valence-electron chi connectivity index (χ0n) is 26.8. The highest BCUT2D eigenvalue weighted by atomic mass is 16.5. The predicted octanol–water partition coefficient (Wildman–Crippen LogP) is 6.73. The number of hydrogen-bond acceptors (Lipinski definition) is 6. The van der Waals surface area contributed by atoms with E-state index >= 15 is 0 Å². The molecule has 0 spiro atoms. The minimum Gasteiger partial charge on any atom is -0.377 e. The summed E-state index contributed by atoms with van der Waals surface area (Å²) in [6.07, 6.45) is 5.15. The standard InChI is InChI=1S/C34H50O6/c1-31(2,3)23-17-25(33(7,8)9)29(37)27(35)21(23)19-39-15-13-14-16-40-20-22-24(32(4,5)6)18-26(34(10,11)12)30(38)28(22)36/h17-18H,13-16,19-20H2,1-12H3. The molecular weight excluding hydrogens is 504 g/mol. The van der Waals surface area contributed by atoms with E-state index in [2.05, 4.69) is 0 Å². The molecule has 0 unspecified atom stereocenters. The van der Waals surface area contributed by atoms with Gasteiger partial charge in [0.25, 0.3) is 0 Å². The normalized spacial score (nSPS) is 18.1. The van der Waals surface area contributed by atoms with Crippen LogP contribution in [0.1, 0.15) is 95.9 Å². The molecule has 0 heterocycles. The Labute approximate surface area is 241 Å². The molecular formula is C34H50O6. The van der Waals surface area contributed by atoms with Gasteiger partial charge in [-0.05, 0) is 45.6 Å². The zero-order valence-corrected chi connectivity index (χ0v) is 26.8. The molecule has 0 saturated heterocycles. The number of ketones is 4. The first-order chi connectivity index (χ1) is 18.1. The summed E-state index contributed by atoms with van der Waals surface area (Å²) < 4.78 is 11.7. The zero-order chi connectivity index (χ0) is 30.8. The van der Waals surface area contributed by atoms with Gasteiger partial charge in [-0.1, -0.05) is 95.2 Å². The van der Waals surface area contributed by atoms with Crippen molar-refractivity contribution >= 4 is 23.1 Å². The minimum atomic E-state index is -0.473. The Morgan fingerprint density at radius 3 is 1.02 bits per heavy atom. The highest BCUT2D eigenvalue weighted by molar-refractivity contribution is 6.51. The van der Waals surface area contributed by atoms with Crippen LogP contribution in [0.4, 0.5) is 0 Å². The second-order valence-corrected chi connectivity index (χ2v) is 15.0. The molecule has 0 radical (unpaired) electrons. The van der Waals surface area contributed by atoms with Crippen molar-refractivity contribution in [3.8, 4) is 0 Å². The number of carbonyl (C=O) groups is 4. The molecule has 2 aliphatic rings. The van der Waals surface area contributed by atoms with Crippen molar-refractivity contribution in [1.82, 2.24) is 0 Å². The Hall–Kier alpha value is -2.44. The van der Waals surface area contributed by atoms with Gasteiger partial charge in [0, 0.05) is 35.5 Å². The molecule has 0 aromatic heterocycles. The van der Waals surface area contributed by atoms with Crippen molar-refractivity contribution in [1.29, 1.82) is 0 Å². The van der Waals surface area contributed by atoms with Crippen LogP contribution < -0.4 is 0 Å². The van der Waals surface area contributed by atoms with Crippen LogP contribution in [0.25, 0.3) is 0 Å². The third kappa shape index (κ3) is 8.07. The van der Waals surface area contributed by atoms with E-state index in [1.807, 2.05) is 95.2 Å². The molecule has 0 aromatic carbocycles. The maximum Gasteiger partial charge on any atom is 0.231 e. The molecule has 0 aliphatic heterocycles. The van der Waals surface area contributed by atoms with Crippen LogP contribution in [0.15, 0.2) is 45.6 Å². The van der Waals surface area contributed by atoms with Crippen LogP contribution in [0.2, 0.25) is 0 Å². The molecule has 0 aromatic rings. The van der Waals surface area contributed by atoms with E-state index < -0.39 is 34.0 Å². The second-order valence-electron chi connectivity index (χ2n) is 15.0. The smallest absolute Gasteiger partial charge is 0.231 e. The molecule has 2 aliphatic carbocycles. The first-order valence-corrected chi connectivity index (χ1v) is 14.3. The van der Waals surface area contributed by atoms with Gasteiger partial charge in [0.05, 0.1) is 13.2 Å². The molecule has 0 saturated carbocycles. The van der Waals surface area contributed by atoms with Crippen molar-refractivity contribution in [2.75, 3.05) is 26.4 Å². The van der Waals surface area contributed by atoms with Crippen molar-refractivity contribution < 1.29 is 28.7 Å². The molecule has 0 N–H and O–H groups in total. The predicted molar refractivity (Wildman–Crippen MR) is 159 cm³/mol. The van der Waals surface area contributed by atoms with Gasteiger partial charge in [0.15, 0.2) is 0 Å². The van der Waals surface area contributed by atoms with E-state index in [0.717, 1.165) is 11.1 Å². The lowest BCUT2D eigenvalue weighted by Crippen LogP contribution is -2.34. The van der Waals surface area contributed by atoms with E-state index in [0.29, 0.717) is 48.3 Å². The summed E-state index contributed by atoms with van der Waals surface area (Å²) in [5, 5.41) is 0. The van der Waals surface area contributed by atoms with Crippen molar-refractivity contribution in [3.63, 3.8) is 0 Å². The van der Waals surface area contributed by atoms with Crippen LogP contribution in [-0.2, 0) is 28.7 Å². The second kappa shape index (κ2) is 12.2. The fourth-order valence-corrected chi connectivity index (χ4v) is 4.85. The number of Topliss-reactive ketones (excluding diaryl/α,β-unsaturated/α-hetero) is 4. The maximum atomic E-state index is 13.0. The topological polar surface area (TPSA) is 86.7 Å². The Balaban J connectivity index is 1.99. The number of ether oxygens (including phenoxy) is 2. The average Bonchev–Trinajstić information content (AvgIpc) is 2.77. The van der Waals surface area contributed by atoms with Gasteiger partial charge < -0.3 is 9.47 Å². The van der Waals surface area contributed by atoms with Gasteiger partial charge in [-0.2, -0.15) is 0 Å². The van der Waals surface area contributed by atoms with Gasteiger partial charge >= 0.3 is 0 Å². The summed E-state index contributed by atoms with van der Waals surface area (Å²) in [4.78, 5) is 51.6. The van der Waals surface area contributed by atoms with E-state index in [4.69, 9.17) is 9.47 Å². The molecule has 0 amide bonds. The molecule has 6 nitrogen and oxygen atoms in total. The lowest BCUT2D eigenvalue weighted by atomic mass is 9.72. The first-order valence-electron chi connectivity index (χ1n) is 14.3. The minimum absolute atomic E-state index is 0.0901. The van der Waals surface area contributed by atoms with Crippen LogP contribution in [0.3, 0.4) is 0 Å². The Bertz CT molecular complexity index is 1080. The van der Waals surface area contributed by atoms with Crippen LogP contribution in [0, 0.1) is 21.7 Å². The molecule has 2 rings (SSSR count). The lowest BCUT2D eigenvalue weighted by Gasteiger charge is -2.31. The molecule has 0 atom stereocenters. The Morgan fingerprint density at radius 2 is 0.775 bits per heavy atom. The van der Waals surface area contributed by atoms with Crippen LogP contribution in [-0.4, -0.2) is 49.6 Å². The molecule has 0 fully saturated rings. The average molecular weight is 555 g/mol. The van der Waals surface area contributed by atoms with E-state index in [1.165, 1.54) is 0 Å². The summed E-state index contributed by atoms with van der Waals surface area (Å²) >= 11 is 0. The van der Waals surface area contributed by atoms with E-state index in [-0.39, 0.29) is 24.0 Å². The van der Waals surface area contributed by atoms with E-state index in [9.17, 15) is 19.2 Å². The highest BCUT2D eigenvalue weighted by Gasteiger charge is 2.39. The molecule has 0 bridgehead atoms. The summed E-state index contributed by atoms with van der Waals surface area (Å²) in [5.41, 5.74) is 2.21. The van der Waals surface area contributed by atoms with Crippen molar-refractivity contribution in [2.24, 2.45) is 21.7 Å². The van der Waals surface area contributed by atoms with Crippen molar-refractivity contribution in [3.05, 3.63) is 45.6 Å². The van der Waals surface area contributed by atoms with Crippen molar-refractivity contribution in [2.45, 2.75) is 95.9 Å². The molecule has 222 valence electrons. The Morgan fingerprint density at radius 1 is 0.475 bits per heavy atom. The third-order valence-electron chi connectivity index (χ3n) is 7.23. The fraction of sp³-hybridized carbons (Fsp3) is 0.647. The quantitative estimate of drug-likeness (QED) is 0.178. The number of carbonyl (C=O) groups excluding carboxylic acids is 4. The molecule has 6 heteroatoms. The van der Waals surface area contributed by atoms with Crippen LogP contribution >= 0.6 is 0 Å². The van der Waals surface area contributed by atoms with Crippen LogP contribution in [0.5, 0.6) is 0 Å². The highest BCUT2D eigenvalue weighted by Crippen LogP contribution is 2.40. The van der Waals surface area contributed by atoms with Gasteiger partial charge in [0.2, 0.25) is 23.1 Å². The maximum absolute atomic E-state index is 13.0. The molecule has 40 heavy (non-hydrogen) atoms. The summed E-state index contributed by atoms with van der Waals surface area (Å²) in [7, 11) is 0. The third-order valence-corrected chi connectivity index (χ3v) is 7.23. The van der Waals surface area contributed by atoms with Gasteiger partial charge in [-0.15, -0.1) is 0 Å². The number of unbranched alkanes of at least 4 members (excludes halogenated alkanes) is 1. The van der Waals surface area contributed by atoms with Gasteiger partial charge in [-0.3, -0.25) is 19.2 Å². The van der Waals surface area contributed by atoms with Gasteiger partial charge in [-0.25, -0.2) is 0 Å². The monoisotopic (exact) mass is 554 g/mol. The Kier molecular flexibility index (Phi) is 10.3. The fourth-order valence-electron chi connectivity index (χ4n) is 4.85. The SMILES string of the molecule is CC(C)(C)C1=CC(C(C)(C)C)=C(COCCCCOCC2=C(C(C)(C)C)C=C(C(C)(C)C)C(=O)C2=O)C(=O)C1=O. The first kappa shape index (κ1) is 33.8. The largest absolute Gasteiger partial charge is 0.377 e. The van der Waals surface area contributed by atoms with E-state index in [1.54, 1.807) is 0 Å². The summed E-state index contributed by atoms with van der Waals surface area (Å²) in [5.74, 6) is -1.84. The van der Waals surface area contributed by atoms with Gasteiger partial charge in [0.1, 0.15) is 0 Å². The number of allylic oxidation sites excluding steroid dienone is 6. The number of rotatable bonds is 9. The summed E-state index contributed by atoms with van der Waals surface area (Å²) in [6, 6.07) is 0. The lowest BCUT2D eigenvalue weighted by molar-refractivity contribution is -0.133. The number of hydrogen-bond donors (Lipinski definition) is 0. The summed E-state index contributed by atoms with van der Waals surface area (Å²) in [6.45, 7) is 24.8.